The molecule has 0 aliphatic rings. The highest BCUT2D eigenvalue weighted by atomic mass is 16.6. The number of carbonyl (C=O) groups excluding carboxylic acids is 1. The number of aliphatic hydroxyl groups is 3. The summed E-state index contributed by atoms with van der Waals surface area (Å²) < 4.78 is 9.15. The quantitative estimate of drug-likeness (QED) is 0.264. The van der Waals surface area contributed by atoms with Crippen molar-refractivity contribution in [3.63, 3.8) is 0 Å². The zero-order valence-corrected chi connectivity index (χ0v) is 7.68. The number of esters is 1. The number of hydrogen-bond acceptors (Lipinski definition) is 6. The molecule has 6 nitrogen and oxygen atoms in total. The summed E-state index contributed by atoms with van der Waals surface area (Å²) in [7, 11) is 0. The zero-order chi connectivity index (χ0) is 11.0. The van der Waals surface area contributed by atoms with Crippen molar-refractivity contribution in [1.82, 2.24) is 0 Å². The summed E-state index contributed by atoms with van der Waals surface area (Å²) in [5.41, 5.74) is 0. The maximum atomic E-state index is 10.9. The molecule has 0 aromatic heterocycles. The van der Waals surface area contributed by atoms with Gasteiger partial charge in [-0.25, -0.2) is 4.79 Å². The summed E-state index contributed by atoms with van der Waals surface area (Å²) in [6.07, 6.45) is -1.06. The van der Waals surface area contributed by atoms with E-state index in [9.17, 15) is 4.79 Å². The van der Waals surface area contributed by atoms with Crippen molar-refractivity contribution >= 4 is 5.97 Å². The van der Waals surface area contributed by atoms with Crippen LogP contribution in [0.3, 0.4) is 0 Å². The van der Waals surface area contributed by atoms with Gasteiger partial charge in [-0.2, -0.15) is 0 Å². The first-order valence-electron chi connectivity index (χ1n) is 4.00. The Bertz CT molecular complexity index is 190. The molecule has 0 rings (SSSR count). The first kappa shape index (κ1) is 12.9. The Labute approximate surface area is 81.4 Å². The highest BCUT2D eigenvalue weighted by Gasteiger charge is 2.11. The molecule has 3 N–H and O–H groups in total. The smallest absolute Gasteiger partial charge is 0.373 e. The molecule has 0 heterocycles. The summed E-state index contributed by atoms with van der Waals surface area (Å²) in [6.45, 7) is 2.14. The minimum Gasteiger partial charge on any atom is -0.484 e. The van der Waals surface area contributed by atoms with Gasteiger partial charge in [0.2, 0.25) is 0 Å². The molecule has 0 fully saturated rings. The molecular formula is C8H14O6. The second kappa shape index (κ2) is 7.31. The number of ether oxygens (including phenoxy) is 2. The van der Waals surface area contributed by atoms with Crippen LogP contribution in [0, 0.1) is 0 Å². The molecule has 0 bridgehead atoms. The van der Waals surface area contributed by atoms with E-state index in [2.05, 4.69) is 11.3 Å². The van der Waals surface area contributed by atoms with Gasteiger partial charge in [-0.3, -0.25) is 0 Å². The lowest BCUT2D eigenvalue weighted by molar-refractivity contribution is -0.144. The topological polar surface area (TPSA) is 96.2 Å². The summed E-state index contributed by atoms with van der Waals surface area (Å²) in [5, 5.41) is 25.6. The van der Waals surface area contributed by atoms with Crippen molar-refractivity contribution < 1.29 is 29.6 Å². The lowest BCUT2D eigenvalue weighted by Gasteiger charge is -2.10. The van der Waals surface area contributed by atoms with Crippen molar-refractivity contribution in [3.05, 3.63) is 12.3 Å². The third kappa shape index (κ3) is 5.52. The molecule has 6 heteroatoms. The van der Waals surface area contributed by atoms with Gasteiger partial charge in [0.05, 0.1) is 13.2 Å². The standard InChI is InChI=1S/C8H14O6/c1-6(8(12)13-3-2-9)14-5-7(11)4-10/h7,9-11H,1-5H2. The van der Waals surface area contributed by atoms with E-state index in [0.29, 0.717) is 0 Å². The van der Waals surface area contributed by atoms with Crippen LogP contribution in [0.15, 0.2) is 12.3 Å². The van der Waals surface area contributed by atoms with Gasteiger partial charge in [-0.15, -0.1) is 0 Å². The van der Waals surface area contributed by atoms with Crippen LogP contribution < -0.4 is 0 Å². The van der Waals surface area contributed by atoms with Gasteiger partial charge in [0.25, 0.3) is 0 Å². The van der Waals surface area contributed by atoms with Gasteiger partial charge in [-0.1, -0.05) is 0 Å². The normalized spacial score (nSPS) is 11.9. The Morgan fingerprint density at radius 1 is 1.36 bits per heavy atom. The summed E-state index contributed by atoms with van der Waals surface area (Å²) in [5.74, 6) is -1.07. The molecule has 0 aromatic carbocycles. The van der Waals surface area contributed by atoms with Gasteiger partial charge in [0.15, 0.2) is 5.76 Å². The van der Waals surface area contributed by atoms with Crippen molar-refractivity contribution in [3.8, 4) is 0 Å². The monoisotopic (exact) mass is 206 g/mol. The van der Waals surface area contributed by atoms with Crippen molar-refractivity contribution in [2.75, 3.05) is 26.4 Å². The predicted molar refractivity (Wildman–Crippen MR) is 46.2 cm³/mol. The number of aliphatic hydroxyl groups excluding tert-OH is 3. The van der Waals surface area contributed by atoms with Crippen molar-refractivity contribution in [2.45, 2.75) is 6.10 Å². The highest BCUT2D eigenvalue weighted by molar-refractivity contribution is 5.85. The Kier molecular flexibility index (Phi) is 6.73. The van der Waals surface area contributed by atoms with Crippen molar-refractivity contribution in [1.29, 1.82) is 0 Å². The molecule has 1 unspecified atom stereocenters. The SMILES string of the molecule is C=C(OCC(O)CO)C(=O)OCCO. The third-order valence-electron chi connectivity index (χ3n) is 1.21. The lowest BCUT2D eigenvalue weighted by Crippen LogP contribution is -2.21. The van der Waals surface area contributed by atoms with E-state index in [-0.39, 0.29) is 25.6 Å². The Morgan fingerprint density at radius 2 is 2.00 bits per heavy atom. The van der Waals surface area contributed by atoms with Gasteiger partial charge >= 0.3 is 5.97 Å². The maximum absolute atomic E-state index is 10.9. The molecule has 0 amide bonds. The molecule has 0 spiro atoms. The molecule has 0 aromatic rings. The maximum Gasteiger partial charge on any atom is 0.373 e. The average Bonchev–Trinajstić information content (AvgIpc) is 2.21. The van der Waals surface area contributed by atoms with Gasteiger partial charge < -0.3 is 24.8 Å². The van der Waals surface area contributed by atoms with E-state index in [4.69, 9.17) is 20.1 Å². The molecule has 0 saturated heterocycles. The molecule has 14 heavy (non-hydrogen) atoms. The van der Waals surface area contributed by atoms with Gasteiger partial charge in [0, 0.05) is 0 Å². The minimum absolute atomic E-state index is 0.135. The van der Waals surface area contributed by atoms with E-state index in [1.165, 1.54) is 0 Å². The van der Waals surface area contributed by atoms with Crippen LogP contribution in [-0.4, -0.2) is 53.8 Å². The summed E-state index contributed by atoms with van der Waals surface area (Å²) >= 11 is 0. The van der Waals surface area contributed by atoms with Crippen LogP contribution in [0.2, 0.25) is 0 Å². The fourth-order valence-corrected chi connectivity index (χ4v) is 0.527. The Morgan fingerprint density at radius 3 is 2.50 bits per heavy atom. The Balaban J connectivity index is 3.67. The molecular weight excluding hydrogens is 192 g/mol. The average molecular weight is 206 g/mol. The second-order valence-corrected chi connectivity index (χ2v) is 2.43. The van der Waals surface area contributed by atoms with E-state index in [1.807, 2.05) is 0 Å². The van der Waals surface area contributed by atoms with Crippen LogP contribution in [0.25, 0.3) is 0 Å². The number of rotatable bonds is 7. The predicted octanol–water partition coefficient (Wildman–Crippen LogP) is -1.59. The third-order valence-corrected chi connectivity index (χ3v) is 1.21. The van der Waals surface area contributed by atoms with E-state index in [1.54, 1.807) is 0 Å². The number of hydrogen-bond donors (Lipinski definition) is 3. The van der Waals surface area contributed by atoms with Gasteiger partial charge in [-0.05, 0) is 6.58 Å². The van der Waals surface area contributed by atoms with Crippen LogP contribution in [-0.2, 0) is 14.3 Å². The molecule has 82 valence electrons. The summed E-state index contributed by atoms with van der Waals surface area (Å²) in [6, 6.07) is 0. The first-order valence-corrected chi connectivity index (χ1v) is 4.00. The molecule has 0 aliphatic heterocycles. The van der Waals surface area contributed by atoms with Crippen LogP contribution in [0.1, 0.15) is 0 Å². The number of carbonyl (C=O) groups is 1. The first-order chi connectivity index (χ1) is 6.61. The van der Waals surface area contributed by atoms with E-state index >= 15 is 0 Å². The largest absolute Gasteiger partial charge is 0.484 e. The molecule has 0 aliphatic carbocycles. The Hall–Kier alpha value is -1.11. The van der Waals surface area contributed by atoms with E-state index < -0.39 is 18.7 Å². The van der Waals surface area contributed by atoms with Crippen molar-refractivity contribution in [2.24, 2.45) is 0 Å². The second-order valence-electron chi connectivity index (χ2n) is 2.43. The fraction of sp³-hybridized carbons (Fsp3) is 0.625. The van der Waals surface area contributed by atoms with Crippen LogP contribution in [0.5, 0.6) is 0 Å². The van der Waals surface area contributed by atoms with E-state index in [0.717, 1.165) is 0 Å². The van der Waals surface area contributed by atoms with Crippen LogP contribution >= 0.6 is 0 Å². The highest BCUT2D eigenvalue weighted by Crippen LogP contribution is 1.98. The molecule has 0 saturated carbocycles. The lowest BCUT2D eigenvalue weighted by atomic mass is 10.4. The minimum atomic E-state index is -1.06. The molecule has 0 radical (unpaired) electrons. The fourth-order valence-electron chi connectivity index (χ4n) is 0.527. The van der Waals surface area contributed by atoms with Crippen LogP contribution in [0.4, 0.5) is 0 Å². The molecule has 1 atom stereocenters. The zero-order valence-electron chi connectivity index (χ0n) is 7.68. The summed E-state index contributed by atoms with van der Waals surface area (Å²) in [4.78, 5) is 10.9. The van der Waals surface area contributed by atoms with Gasteiger partial charge in [0.1, 0.15) is 19.3 Å².